The van der Waals surface area contributed by atoms with Gasteiger partial charge < -0.3 is 12.3 Å². The molecule has 6 N–H and O–H groups in total. The third kappa shape index (κ3) is 12.3. The minimum atomic E-state index is 0. The molecule has 0 bridgehead atoms. The monoisotopic (exact) mass is 145 g/mol. The summed E-state index contributed by atoms with van der Waals surface area (Å²) >= 11 is 0. The van der Waals surface area contributed by atoms with Crippen LogP contribution in [-0.4, -0.2) is 0 Å². The van der Waals surface area contributed by atoms with Gasteiger partial charge in [0.25, 0.3) is 0 Å². The van der Waals surface area contributed by atoms with E-state index in [0.29, 0.717) is 0 Å². The van der Waals surface area contributed by atoms with Gasteiger partial charge in [-0.1, -0.05) is 0 Å². The van der Waals surface area contributed by atoms with Crippen LogP contribution in [0.3, 0.4) is 0 Å². The first-order valence-electron chi connectivity index (χ1n) is 0. The molecule has 0 amide bonds. The summed E-state index contributed by atoms with van der Waals surface area (Å²) in [4.78, 5) is 0. The molecule has 4 heavy (non-hydrogen) atoms. The smallest absolute Gasteiger partial charge is 0.344 e. The third-order valence-electron chi connectivity index (χ3n) is 0. The van der Waals surface area contributed by atoms with Gasteiger partial charge in [-0.25, -0.2) is 0 Å². The van der Waals surface area contributed by atoms with E-state index in [1.54, 1.807) is 0 Å². The molecule has 0 spiro atoms. The first-order chi connectivity index (χ1) is 0. The minimum absolute atomic E-state index is 0. The molecule has 0 aliphatic heterocycles. The molecular weight excluding hydrogens is 139 g/mol. The van der Waals surface area contributed by atoms with Crippen molar-refractivity contribution in [2.75, 3.05) is 0 Å². The van der Waals surface area contributed by atoms with Crippen LogP contribution in [0.4, 0.5) is 0 Å². The van der Waals surface area contributed by atoms with E-state index in [9.17, 15) is 0 Å². The van der Waals surface area contributed by atoms with E-state index in [2.05, 4.69) is 0 Å². The number of hydrogen-bond acceptors (Lipinski definition) is 2. The Morgan fingerprint density at radius 3 is 0.750 bits per heavy atom. The van der Waals surface area contributed by atoms with Gasteiger partial charge in [0.15, 0.2) is 0 Å². The molecule has 1 radical (unpaired) electrons. The maximum absolute atomic E-state index is 0. The molecular formula is H6FeMnN2+4. The van der Waals surface area contributed by atoms with Crippen molar-refractivity contribution >= 4 is 0 Å². The summed E-state index contributed by atoms with van der Waals surface area (Å²) < 4.78 is 0. The van der Waals surface area contributed by atoms with E-state index >= 15 is 0 Å². The third-order valence-corrected chi connectivity index (χ3v) is 0. The average molecular weight is 145 g/mol. The fraction of sp³-hybridized carbons (Fsp3) is 0. The summed E-state index contributed by atoms with van der Waals surface area (Å²) in [6.45, 7) is 0. The van der Waals surface area contributed by atoms with Crippen LogP contribution < -0.4 is 12.3 Å². The Balaban J connectivity index is 0. The molecule has 27 valence electrons. The van der Waals surface area contributed by atoms with Crippen LogP contribution in [0.1, 0.15) is 0 Å². The summed E-state index contributed by atoms with van der Waals surface area (Å²) in [7, 11) is 0. The van der Waals surface area contributed by atoms with E-state index in [1.165, 1.54) is 0 Å². The molecule has 0 saturated carbocycles. The Morgan fingerprint density at radius 1 is 0.750 bits per heavy atom. The summed E-state index contributed by atoms with van der Waals surface area (Å²) in [5.41, 5.74) is 0. The van der Waals surface area contributed by atoms with Crippen LogP contribution in [0, 0.1) is 0 Å². The largest absolute Gasteiger partial charge is 2.00 e. The molecule has 0 heterocycles. The van der Waals surface area contributed by atoms with Crippen molar-refractivity contribution < 1.29 is 34.1 Å². The molecule has 0 atom stereocenters. The van der Waals surface area contributed by atoms with Crippen molar-refractivity contribution in [3.8, 4) is 0 Å². The predicted molar refractivity (Wildman–Crippen MR) is 10.0 cm³/mol. The molecule has 0 aromatic heterocycles. The fourth-order valence-corrected chi connectivity index (χ4v) is 0. The molecule has 0 fully saturated rings. The van der Waals surface area contributed by atoms with Gasteiger partial charge in [0.1, 0.15) is 0 Å². The van der Waals surface area contributed by atoms with Crippen molar-refractivity contribution in [1.29, 1.82) is 0 Å². The zero-order valence-corrected chi connectivity index (χ0v) is 4.43. The van der Waals surface area contributed by atoms with Crippen LogP contribution in [0.2, 0.25) is 0 Å². The second-order valence-electron chi connectivity index (χ2n) is 0. The fourth-order valence-electron chi connectivity index (χ4n) is 0. The predicted octanol–water partition coefficient (Wildman–Crippen LogP) is 0.319. The van der Waals surface area contributed by atoms with Crippen molar-refractivity contribution in [3.63, 3.8) is 0 Å². The van der Waals surface area contributed by atoms with E-state index in [1.807, 2.05) is 0 Å². The molecule has 0 rings (SSSR count). The zero-order chi connectivity index (χ0) is 0. The second-order valence-corrected chi connectivity index (χ2v) is 0. The molecule has 0 saturated heterocycles. The molecule has 0 aromatic rings. The standard InChI is InChI=1S/Fe.Mn.2H3N/h;;2*1H3/q2*+2;;. The van der Waals surface area contributed by atoms with Gasteiger partial charge >= 0.3 is 34.1 Å². The molecule has 0 aliphatic carbocycles. The second kappa shape index (κ2) is 37.7. The molecule has 4 heteroatoms. The van der Waals surface area contributed by atoms with Crippen LogP contribution in [0.15, 0.2) is 0 Å². The van der Waals surface area contributed by atoms with Crippen LogP contribution >= 0.6 is 0 Å². The van der Waals surface area contributed by atoms with Crippen LogP contribution in [0.25, 0.3) is 0 Å². The maximum Gasteiger partial charge on any atom is 2.00 e. The van der Waals surface area contributed by atoms with E-state index in [0.717, 1.165) is 0 Å². The zero-order valence-electron chi connectivity index (χ0n) is 2.15. The average Bonchev–Trinajstić information content (AvgIpc) is 0. The molecule has 0 aromatic carbocycles. The minimum Gasteiger partial charge on any atom is -0.344 e. The Kier molecular flexibility index (Phi) is 796. The van der Waals surface area contributed by atoms with Crippen molar-refractivity contribution in [2.45, 2.75) is 0 Å². The summed E-state index contributed by atoms with van der Waals surface area (Å²) in [6, 6.07) is 0. The van der Waals surface area contributed by atoms with Crippen LogP contribution in [-0.2, 0) is 34.1 Å². The van der Waals surface area contributed by atoms with Gasteiger partial charge in [0.05, 0.1) is 0 Å². The van der Waals surface area contributed by atoms with Gasteiger partial charge in [-0.3, -0.25) is 0 Å². The molecule has 2 nitrogen and oxygen atoms in total. The summed E-state index contributed by atoms with van der Waals surface area (Å²) in [5, 5.41) is 0. The van der Waals surface area contributed by atoms with Crippen LogP contribution in [0.5, 0.6) is 0 Å². The molecule has 0 aliphatic rings. The maximum atomic E-state index is 0. The Labute approximate surface area is 46.8 Å². The first kappa shape index (κ1) is 84.5. The van der Waals surface area contributed by atoms with Gasteiger partial charge in [0.2, 0.25) is 0 Å². The van der Waals surface area contributed by atoms with Crippen molar-refractivity contribution in [3.05, 3.63) is 0 Å². The van der Waals surface area contributed by atoms with E-state index in [4.69, 9.17) is 0 Å². The topological polar surface area (TPSA) is 70.0 Å². The van der Waals surface area contributed by atoms with Gasteiger partial charge in [-0.15, -0.1) is 0 Å². The normalized spacial score (nSPS) is 0. The van der Waals surface area contributed by atoms with Gasteiger partial charge in [-0.2, -0.15) is 0 Å². The Morgan fingerprint density at radius 2 is 0.750 bits per heavy atom. The molecule has 0 unspecified atom stereocenters. The van der Waals surface area contributed by atoms with E-state index < -0.39 is 0 Å². The Hall–Kier alpha value is 0.959. The number of hydrogen-bond donors (Lipinski definition) is 2. The van der Waals surface area contributed by atoms with Crippen molar-refractivity contribution in [2.24, 2.45) is 0 Å². The van der Waals surface area contributed by atoms with E-state index in [-0.39, 0.29) is 46.4 Å². The summed E-state index contributed by atoms with van der Waals surface area (Å²) in [6.07, 6.45) is 0. The Bertz CT molecular complexity index is 6.00. The SMILES string of the molecule is N.N.[Fe+2].[Mn+2]. The van der Waals surface area contributed by atoms with Gasteiger partial charge in [0, 0.05) is 0 Å². The first-order valence-corrected chi connectivity index (χ1v) is 0. The van der Waals surface area contributed by atoms with Crippen molar-refractivity contribution in [1.82, 2.24) is 12.3 Å². The van der Waals surface area contributed by atoms with Gasteiger partial charge in [-0.05, 0) is 0 Å². The summed E-state index contributed by atoms with van der Waals surface area (Å²) in [5.74, 6) is 0. The quantitative estimate of drug-likeness (QED) is 0.481. The number of rotatable bonds is 0.